The van der Waals surface area contributed by atoms with E-state index in [1.54, 1.807) is 13.1 Å². The van der Waals surface area contributed by atoms with Crippen LogP contribution in [-0.2, 0) is 12.6 Å². The van der Waals surface area contributed by atoms with Gasteiger partial charge in [-0.2, -0.15) is 13.2 Å². The van der Waals surface area contributed by atoms with Gasteiger partial charge in [-0.3, -0.25) is 9.97 Å². The first kappa shape index (κ1) is 13.4. The highest BCUT2D eigenvalue weighted by atomic mass is 19.4. The maximum atomic E-state index is 12.6. The molecule has 0 aliphatic carbocycles. The lowest BCUT2D eigenvalue weighted by atomic mass is 10.2. The van der Waals surface area contributed by atoms with Crippen molar-refractivity contribution in [1.82, 2.24) is 19.9 Å². The smallest absolute Gasteiger partial charge is 0.260 e. The van der Waals surface area contributed by atoms with E-state index in [-0.39, 0.29) is 5.69 Å². The molecule has 2 heterocycles. The average molecular weight is 268 g/mol. The van der Waals surface area contributed by atoms with Crippen molar-refractivity contribution < 1.29 is 13.2 Å². The Morgan fingerprint density at radius 3 is 2.47 bits per heavy atom. The molecule has 0 N–H and O–H groups in total. The largest absolute Gasteiger partial charge is 0.434 e. The lowest BCUT2D eigenvalue weighted by Crippen LogP contribution is -2.11. The molecule has 0 amide bonds. The van der Waals surface area contributed by atoms with E-state index in [0.29, 0.717) is 23.5 Å². The summed E-state index contributed by atoms with van der Waals surface area (Å²) >= 11 is 0. The number of aromatic nitrogens is 4. The molecule has 0 aliphatic heterocycles. The molecule has 2 aromatic heterocycles. The van der Waals surface area contributed by atoms with Gasteiger partial charge < -0.3 is 0 Å². The summed E-state index contributed by atoms with van der Waals surface area (Å²) in [5.41, 5.74) is 0.455. The normalized spacial score (nSPS) is 11.6. The van der Waals surface area contributed by atoms with Crippen LogP contribution >= 0.6 is 0 Å². The highest BCUT2D eigenvalue weighted by molar-refractivity contribution is 5.55. The lowest BCUT2D eigenvalue weighted by Gasteiger charge is -2.09. The third-order valence-corrected chi connectivity index (χ3v) is 2.54. The molecule has 19 heavy (non-hydrogen) atoms. The van der Waals surface area contributed by atoms with Crippen LogP contribution in [0.4, 0.5) is 13.2 Å². The Hall–Kier alpha value is -2.05. The van der Waals surface area contributed by atoms with Crippen LogP contribution in [0.15, 0.2) is 18.6 Å². The molecule has 0 unspecified atom stereocenters. The fraction of sp³-hybridized carbons (Fsp3) is 0.333. The Kier molecular flexibility index (Phi) is 3.46. The Morgan fingerprint density at radius 2 is 1.84 bits per heavy atom. The van der Waals surface area contributed by atoms with Gasteiger partial charge in [-0.1, -0.05) is 6.92 Å². The number of alkyl halides is 3. The third kappa shape index (κ3) is 2.86. The minimum atomic E-state index is -4.52. The van der Waals surface area contributed by atoms with E-state index in [4.69, 9.17) is 0 Å². The molecule has 4 nitrogen and oxygen atoms in total. The lowest BCUT2D eigenvalue weighted by molar-refractivity contribution is -0.141. The van der Waals surface area contributed by atoms with Crippen molar-refractivity contribution in [2.75, 3.05) is 0 Å². The molecular formula is C12H11F3N4. The van der Waals surface area contributed by atoms with Crippen LogP contribution in [0.3, 0.4) is 0 Å². The zero-order valence-corrected chi connectivity index (χ0v) is 10.4. The molecule has 0 aromatic carbocycles. The molecule has 7 heteroatoms. The maximum Gasteiger partial charge on any atom is 0.434 e. The zero-order valence-electron chi connectivity index (χ0n) is 10.4. The molecule has 0 saturated heterocycles. The van der Waals surface area contributed by atoms with Gasteiger partial charge in [-0.25, -0.2) is 9.97 Å². The SMILES string of the molecule is CCc1cncc(-c2nc(C(F)(F)F)cnc2C)n1. The molecule has 2 rings (SSSR count). The van der Waals surface area contributed by atoms with Crippen LogP contribution in [0.2, 0.25) is 0 Å². The van der Waals surface area contributed by atoms with E-state index < -0.39 is 11.9 Å². The van der Waals surface area contributed by atoms with Crippen LogP contribution in [0.1, 0.15) is 24.0 Å². The minimum absolute atomic E-state index is 0.109. The van der Waals surface area contributed by atoms with Crippen LogP contribution < -0.4 is 0 Å². The second-order valence-electron chi connectivity index (χ2n) is 3.94. The van der Waals surface area contributed by atoms with Gasteiger partial charge in [0.1, 0.15) is 11.4 Å². The van der Waals surface area contributed by atoms with Crippen LogP contribution in [-0.4, -0.2) is 19.9 Å². The molecule has 0 atom stereocenters. The molecular weight excluding hydrogens is 257 g/mol. The van der Waals surface area contributed by atoms with Gasteiger partial charge >= 0.3 is 6.18 Å². The van der Waals surface area contributed by atoms with Crippen molar-refractivity contribution >= 4 is 0 Å². The van der Waals surface area contributed by atoms with Gasteiger partial charge in [0, 0.05) is 6.20 Å². The summed E-state index contributed by atoms with van der Waals surface area (Å²) in [7, 11) is 0. The van der Waals surface area contributed by atoms with Crippen molar-refractivity contribution in [3.8, 4) is 11.4 Å². The van der Waals surface area contributed by atoms with Gasteiger partial charge in [0.05, 0.1) is 23.8 Å². The van der Waals surface area contributed by atoms with Crippen molar-refractivity contribution in [2.24, 2.45) is 0 Å². The topological polar surface area (TPSA) is 51.6 Å². The molecule has 0 bridgehead atoms. The number of nitrogens with zero attached hydrogens (tertiary/aromatic N) is 4. The maximum absolute atomic E-state index is 12.6. The van der Waals surface area contributed by atoms with E-state index in [1.807, 2.05) is 6.92 Å². The molecule has 100 valence electrons. The molecule has 0 fully saturated rings. The monoisotopic (exact) mass is 268 g/mol. The highest BCUT2D eigenvalue weighted by Crippen LogP contribution is 2.29. The van der Waals surface area contributed by atoms with Crippen molar-refractivity contribution in [3.05, 3.63) is 35.7 Å². The summed E-state index contributed by atoms with van der Waals surface area (Å²) in [5.74, 6) is 0. The summed E-state index contributed by atoms with van der Waals surface area (Å²) in [5, 5.41) is 0. The van der Waals surface area contributed by atoms with E-state index in [2.05, 4.69) is 19.9 Å². The van der Waals surface area contributed by atoms with E-state index in [0.717, 1.165) is 6.20 Å². The summed E-state index contributed by atoms with van der Waals surface area (Å²) < 4.78 is 37.9. The van der Waals surface area contributed by atoms with E-state index >= 15 is 0 Å². The average Bonchev–Trinajstić information content (AvgIpc) is 2.38. The number of halogens is 3. The van der Waals surface area contributed by atoms with Gasteiger partial charge in [-0.05, 0) is 13.3 Å². The van der Waals surface area contributed by atoms with Crippen LogP contribution in [0, 0.1) is 6.92 Å². The first-order chi connectivity index (χ1) is 8.91. The number of rotatable bonds is 2. The van der Waals surface area contributed by atoms with Gasteiger partial charge in [0.15, 0.2) is 5.69 Å². The summed E-state index contributed by atoms with van der Waals surface area (Å²) in [6, 6.07) is 0. The second kappa shape index (κ2) is 4.91. The highest BCUT2D eigenvalue weighted by Gasteiger charge is 2.33. The van der Waals surface area contributed by atoms with Crippen molar-refractivity contribution in [3.63, 3.8) is 0 Å². The molecule has 2 aromatic rings. The van der Waals surface area contributed by atoms with Gasteiger partial charge in [0.2, 0.25) is 0 Å². The number of hydrogen-bond donors (Lipinski definition) is 0. The Bertz CT molecular complexity index is 596. The second-order valence-corrected chi connectivity index (χ2v) is 3.94. The summed E-state index contributed by atoms with van der Waals surface area (Å²) in [6.45, 7) is 3.47. The predicted octanol–water partition coefficient (Wildman–Crippen LogP) is 2.82. The molecule has 0 spiro atoms. The van der Waals surface area contributed by atoms with Crippen molar-refractivity contribution in [2.45, 2.75) is 26.4 Å². The third-order valence-electron chi connectivity index (χ3n) is 2.54. The first-order valence-corrected chi connectivity index (χ1v) is 5.64. The van der Waals surface area contributed by atoms with E-state index in [9.17, 15) is 13.2 Å². The zero-order chi connectivity index (χ0) is 14.0. The Morgan fingerprint density at radius 1 is 1.11 bits per heavy atom. The fourth-order valence-electron chi connectivity index (χ4n) is 1.52. The van der Waals surface area contributed by atoms with E-state index in [1.165, 1.54) is 6.20 Å². The van der Waals surface area contributed by atoms with Crippen molar-refractivity contribution in [1.29, 1.82) is 0 Å². The summed E-state index contributed by atoms with van der Waals surface area (Å²) in [6.07, 6.45) is -0.205. The quantitative estimate of drug-likeness (QED) is 0.840. The predicted molar refractivity (Wildman–Crippen MR) is 62.2 cm³/mol. The minimum Gasteiger partial charge on any atom is -0.260 e. The standard InChI is InChI=1S/C12H11F3N4/c1-3-8-4-16-5-9(18-8)11-7(2)17-6-10(19-11)12(13,14)15/h4-6H,3H2,1-2H3. The molecule has 0 saturated carbocycles. The van der Waals surface area contributed by atoms with Crippen LogP contribution in [0.5, 0.6) is 0 Å². The fourth-order valence-corrected chi connectivity index (χ4v) is 1.52. The van der Waals surface area contributed by atoms with Crippen LogP contribution in [0.25, 0.3) is 11.4 Å². The molecule has 0 radical (unpaired) electrons. The first-order valence-electron chi connectivity index (χ1n) is 5.64. The molecule has 0 aliphatic rings. The number of hydrogen-bond acceptors (Lipinski definition) is 4. The summed E-state index contributed by atoms with van der Waals surface area (Å²) in [4.78, 5) is 15.5. The van der Waals surface area contributed by atoms with Gasteiger partial charge in [-0.15, -0.1) is 0 Å². The number of aryl methyl sites for hydroxylation is 2. The Labute approximate surface area is 107 Å². The van der Waals surface area contributed by atoms with Gasteiger partial charge in [0.25, 0.3) is 0 Å². The Balaban J connectivity index is 2.54.